The van der Waals surface area contributed by atoms with Crippen molar-refractivity contribution in [1.29, 1.82) is 0 Å². The maximum absolute atomic E-state index is 5.74. The molecule has 0 heterocycles. The van der Waals surface area contributed by atoms with Crippen molar-refractivity contribution in [2.75, 3.05) is 0 Å². The van der Waals surface area contributed by atoms with Crippen LogP contribution in [0.5, 0.6) is 0 Å². The van der Waals surface area contributed by atoms with Gasteiger partial charge in [-0.2, -0.15) is 0 Å². The van der Waals surface area contributed by atoms with Crippen molar-refractivity contribution in [2.45, 2.75) is 0 Å². The van der Waals surface area contributed by atoms with E-state index >= 15 is 0 Å². The second-order valence-electron chi connectivity index (χ2n) is 1.59. The molecule has 0 saturated carbocycles. The van der Waals surface area contributed by atoms with Crippen LogP contribution in [0.25, 0.3) is 0 Å². The Kier molecular flexibility index (Phi) is 4.73. The van der Waals surface area contributed by atoms with Crippen LogP contribution in [0.4, 0.5) is 0 Å². The molecule has 0 N–H and O–H groups in total. The Morgan fingerprint density at radius 3 is 2.11 bits per heavy atom. The molecule has 0 aliphatic carbocycles. The van der Waals surface area contributed by atoms with Crippen molar-refractivity contribution in [1.82, 2.24) is 0 Å². The molecule has 0 spiro atoms. The summed E-state index contributed by atoms with van der Waals surface area (Å²) in [4.78, 5) is 0. The normalized spacial score (nSPS) is 8.33. The monoisotopic (exact) mass is 255 g/mol. The van der Waals surface area contributed by atoms with E-state index in [9.17, 15) is 0 Å². The first-order chi connectivity index (χ1) is 3.80. The number of benzene rings is 1. The van der Waals surface area contributed by atoms with Gasteiger partial charge >= 0.3 is 63.3 Å². The average Bonchev–Trinajstić information content (AvgIpc) is 1.77. The first kappa shape index (κ1) is 9.61. The summed E-state index contributed by atoms with van der Waals surface area (Å²) in [5, 5.41) is 0.896. The molecule has 45 valence electrons. The summed E-state index contributed by atoms with van der Waals surface area (Å²) in [6.45, 7) is 0. The minimum atomic E-state index is 0. The molecule has 3 heteroatoms. The van der Waals surface area contributed by atoms with Gasteiger partial charge in [-0.3, -0.25) is 0 Å². The standard InChI is InChI=1S/C6H4Cl.BrH.Zn/c7-6-4-2-1-3-5-6;;/h1-4H;1H;. The second-order valence-corrected chi connectivity index (χ2v) is 3.60. The van der Waals surface area contributed by atoms with Gasteiger partial charge in [0.25, 0.3) is 0 Å². The molecule has 9 heavy (non-hydrogen) atoms. The molecule has 0 atom stereocenters. The van der Waals surface area contributed by atoms with Gasteiger partial charge in [-0.1, -0.05) is 0 Å². The van der Waals surface area contributed by atoms with Gasteiger partial charge < -0.3 is 0 Å². The first-order valence-electron chi connectivity index (χ1n) is 2.37. The van der Waals surface area contributed by atoms with E-state index in [1.807, 2.05) is 24.3 Å². The Hall–Kier alpha value is 0.613. The molecule has 0 bridgehead atoms. The number of hydrogen-bond acceptors (Lipinski definition) is 0. The van der Waals surface area contributed by atoms with Crippen molar-refractivity contribution in [3.8, 4) is 0 Å². The summed E-state index contributed by atoms with van der Waals surface area (Å²) in [6.07, 6.45) is 0. The molecular weight excluding hydrogens is 253 g/mol. The molecule has 0 aliphatic rings. The fraction of sp³-hybridized carbons (Fsp3) is 0. The average molecular weight is 258 g/mol. The second kappa shape index (κ2) is 4.43. The summed E-state index contributed by atoms with van der Waals surface area (Å²) in [5.41, 5.74) is 0. The van der Waals surface area contributed by atoms with Crippen LogP contribution < -0.4 is 4.16 Å². The van der Waals surface area contributed by atoms with Crippen molar-refractivity contribution in [3.05, 3.63) is 29.3 Å². The number of rotatable bonds is 0. The Morgan fingerprint density at radius 2 is 1.78 bits per heavy atom. The van der Waals surface area contributed by atoms with Crippen LogP contribution in [0.2, 0.25) is 5.02 Å². The van der Waals surface area contributed by atoms with Gasteiger partial charge in [0, 0.05) is 0 Å². The molecule has 1 aromatic rings. The van der Waals surface area contributed by atoms with E-state index in [1.54, 1.807) is 0 Å². The van der Waals surface area contributed by atoms with E-state index in [-0.39, 0.29) is 17.0 Å². The van der Waals surface area contributed by atoms with Crippen LogP contribution in [0.3, 0.4) is 0 Å². The third-order valence-electron chi connectivity index (χ3n) is 0.958. The van der Waals surface area contributed by atoms with Gasteiger partial charge in [0.1, 0.15) is 0 Å². The zero-order valence-electron chi connectivity index (χ0n) is 4.80. The van der Waals surface area contributed by atoms with Crippen molar-refractivity contribution in [3.63, 3.8) is 0 Å². The van der Waals surface area contributed by atoms with E-state index in [0.29, 0.717) is 0 Å². The van der Waals surface area contributed by atoms with Crippen LogP contribution >= 0.6 is 28.6 Å². The molecular formula is C6H5BrClZn. The molecule has 1 rings (SSSR count). The van der Waals surface area contributed by atoms with Gasteiger partial charge in [0.15, 0.2) is 0 Å². The Labute approximate surface area is 80.0 Å². The number of halogens is 2. The van der Waals surface area contributed by atoms with E-state index in [1.165, 1.54) is 4.16 Å². The van der Waals surface area contributed by atoms with Crippen LogP contribution in [0.1, 0.15) is 0 Å². The molecule has 0 aliphatic heterocycles. The van der Waals surface area contributed by atoms with Crippen LogP contribution in [0, 0.1) is 0 Å². The fourth-order valence-corrected chi connectivity index (χ4v) is 1.17. The Balaban J connectivity index is 0.000000640. The molecule has 1 aromatic carbocycles. The number of hydrogen-bond donors (Lipinski definition) is 0. The van der Waals surface area contributed by atoms with Crippen LogP contribution in [-0.2, 0) is 18.3 Å². The van der Waals surface area contributed by atoms with Gasteiger partial charge in [-0.15, -0.1) is 17.0 Å². The zero-order valence-corrected chi connectivity index (χ0v) is 10.2. The van der Waals surface area contributed by atoms with Crippen molar-refractivity contribution < 1.29 is 18.3 Å². The first-order valence-corrected chi connectivity index (χ1v) is 4.23. The molecule has 0 nitrogen and oxygen atoms in total. The molecule has 0 unspecified atom stereocenters. The molecule has 0 aromatic heterocycles. The predicted molar refractivity (Wildman–Crippen MR) is 41.4 cm³/mol. The van der Waals surface area contributed by atoms with Crippen molar-refractivity contribution >= 4 is 32.7 Å². The SMILES string of the molecule is Br.Clc1cccc[c]1[Zn]. The summed E-state index contributed by atoms with van der Waals surface area (Å²) < 4.78 is 1.26. The molecule has 0 radical (unpaired) electrons. The molecule has 0 fully saturated rings. The Bertz CT molecular complexity index is 169. The minimum absolute atomic E-state index is 0. The zero-order chi connectivity index (χ0) is 5.98. The van der Waals surface area contributed by atoms with E-state index in [4.69, 9.17) is 11.6 Å². The van der Waals surface area contributed by atoms with Gasteiger partial charge in [0.2, 0.25) is 0 Å². The topological polar surface area (TPSA) is 0 Å². The molecule has 0 saturated heterocycles. The van der Waals surface area contributed by atoms with Crippen molar-refractivity contribution in [2.24, 2.45) is 0 Å². The third-order valence-corrected chi connectivity index (χ3v) is 3.09. The predicted octanol–water partition coefficient (Wildman–Crippen LogP) is 2.09. The van der Waals surface area contributed by atoms with Crippen LogP contribution in [0.15, 0.2) is 24.3 Å². The van der Waals surface area contributed by atoms with Gasteiger partial charge in [-0.05, 0) is 0 Å². The molecule has 0 amide bonds. The fourth-order valence-electron chi connectivity index (χ4n) is 0.498. The maximum atomic E-state index is 5.74. The third kappa shape index (κ3) is 2.79. The van der Waals surface area contributed by atoms with Gasteiger partial charge in [0.05, 0.1) is 0 Å². The van der Waals surface area contributed by atoms with E-state index in [2.05, 4.69) is 0 Å². The quantitative estimate of drug-likeness (QED) is 0.625. The summed E-state index contributed by atoms with van der Waals surface area (Å²) in [5.74, 6) is 0. The van der Waals surface area contributed by atoms with Gasteiger partial charge in [-0.25, -0.2) is 0 Å². The summed E-state index contributed by atoms with van der Waals surface area (Å²) in [7, 11) is 0. The summed E-state index contributed by atoms with van der Waals surface area (Å²) in [6, 6.07) is 7.91. The summed E-state index contributed by atoms with van der Waals surface area (Å²) >= 11 is 6.88. The Morgan fingerprint density at radius 1 is 1.22 bits per heavy atom. The van der Waals surface area contributed by atoms with E-state index in [0.717, 1.165) is 23.3 Å². The van der Waals surface area contributed by atoms with Crippen LogP contribution in [-0.4, -0.2) is 0 Å². The van der Waals surface area contributed by atoms with E-state index < -0.39 is 0 Å².